The molecule has 0 saturated heterocycles. The van der Waals surface area contributed by atoms with E-state index in [-0.39, 0.29) is 5.91 Å². The highest BCUT2D eigenvalue weighted by molar-refractivity contribution is 5.96. The number of hydrogen-bond donors (Lipinski definition) is 0. The number of benzene rings is 1. The molecular weight excluding hydrogens is 296 g/mol. The molecule has 1 aliphatic rings. The van der Waals surface area contributed by atoms with Crippen molar-refractivity contribution in [3.63, 3.8) is 0 Å². The van der Waals surface area contributed by atoms with Gasteiger partial charge in [0.15, 0.2) is 0 Å². The van der Waals surface area contributed by atoms with Crippen LogP contribution in [0.5, 0.6) is 0 Å². The highest BCUT2D eigenvalue weighted by atomic mass is 16.2. The van der Waals surface area contributed by atoms with Gasteiger partial charge in [0.05, 0.1) is 6.07 Å². The summed E-state index contributed by atoms with van der Waals surface area (Å²) >= 11 is 0. The van der Waals surface area contributed by atoms with E-state index in [2.05, 4.69) is 32.9 Å². The van der Waals surface area contributed by atoms with Crippen molar-refractivity contribution in [2.24, 2.45) is 11.8 Å². The van der Waals surface area contributed by atoms with Gasteiger partial charge in [0.2, 0.25) is 5.91 Å². The SMILES string of the molecule is CCCC(C)CC(C)CC(=O)N1CC(CCC#N)c2ccccc21. The minimum absolute atomic E-state index is 0.234. The molecular formula is C21H30N2O. The Labute approximate surface area is 146 Å². The fourth-order valence-electron chi connectivity index (χ4n) is 4.01. The average molecular weight is 326 g/mol. The number of fused-ring (bicyclic) bond motifs is 1. The Kier molecular flexibility index (Phi) is 6.85. The fourth-order valence-corrected chi connectivity index (χ4v) is 4.01. The Morgan fingerprint density at radius 3 is 2.79 bits per heavy atom. The number of rotatable bonds is 8. The first-order chi connectivity index (χ1) is 11.6. The van der Waals surface area contributed by atoms with Crippen molar-refractivity contribution >= 4 is 11.6 Å². The van der Waals surface area contributed by atoms with Gasteiger partial charge in [-0.05, 0) is 36.3 Å². The second-order valence-corrected chi connectivity index (χ2v) is 7.40. The van der Waals surface area contributed by atoms with Gasteiger partial charge in [-0.3, -0.25) is 4.79 Å². The van der Waals surface area contributed by atoms with Crippen molar-refractivity contribution in [1.82, 2.24) is 0 Å². The van der Waals surface area contributed by atoms with Gasteiger partial charge in [-0.25, -0.2) is 0 Å². The molecule has 1 amide bonds. The predicted molar refractivity (Wildman–Crippen MR) is 98.9 cm³/mol. The summed E-state index contributed by atoms with van der Waals surface area (Å²) in [6.07, 6.45) is 5.57. The molecule has 0 fully saturated rings. The smallest absolute Gasteiger partial charge is 0.227 e. The Morgan fingerprint density at radius 2 is 2.08 bits per heavy atom. The Balaban J connectivity index is 2.01. The number of hydrogen-bond acceptors (Lipinski definition) is 2. The summed E-state index contributed by atoms with van der Waals surface area (Å²) in [4.78, 5) is 14.8. The summed E-state index contributed by atoms with van der Waals surface area (Å²) in [5.74, 6) is 1.65. The van der Waals surface area contributed by atoms with Crippen molar-refractivity contribution in [1.29, 1.82) is 5.26 Å². The molecule has 1 aromatic carbocycles. The summed E-state index contributed by atoms with van der Waals surface area (Å²) in [5, 5.41) is 8.87. The van der Waals surface area contributed by atoms with E-state index in [0.29, 0.717) is 30.6 Å². The Bertz CT molecular complexity index is 590. The predicted octanol–water partition coefficient (Wildman–Crippen LogP) is 5.27. The summed E-state index contributed by atoms with van der Waals surface area (Å²) in [7, 11) is 0. The van der Waals surface area contributed by atoms with Crippen LogP contribution in [0.15, 0.2) is 24.3 Å². The van der Waals surface area contributed by atoms with Crippen LogP contribution in [0.4, 0.5) is 5.69 Å². The van der Waals surface area contributed by atoms with Crippen LogP contribution < -0.4 is 4.90 Å². The number of carbonyl (C=O) groups is 1. The van der Waals surface area contributed by atoms with Crippen LogP contribution >= 0.6 is 0 Å². The van der Waals surface area contributed by atoms with Crippen molar-refractivity contribution in [3.8, 4) is 6.07 Å². The second-order valence-electron chi connectivity index (χ2n) is 7.40. The van der Waals surface area contributed by atoms with Crippen molar-refractivity contribution in [2.75, 3.05) is 11.4 Å². The molecule has 3 heteroatoms. The maximum Gasteiger partial charge on any atom is 0.227 e. The van der Waals surface area contributed by atoms with Crippen molar-refractivity contribution in [3.05, 3.63) is 29.8 Å². The molecule has 0 aromatic heterocycles. The molecule has 3 nitrogen and oxygen atoms in total. The van der Waals surface area contributed by atoms with Gasteiger partial charge in [0, 0.05) is 31.0 Å². The number of amides is 1. The van der Waals surface area contributed by atoms with E-state index in [0.717, 1.165) is 25.1 Å². The molecule has 0 spiro atoms. The lowest BCUT2D eigenvalue weighted by molar-refractivity contribution is -0.119. The molecule has 0 saturated carbocycles. The highest BCUT2D eigenvalue weighted by Crippen LogP contribution is 2.39. The maximum atomic E-state index is 12.8. The van der Waals surface area contributed by atoms with E-state index in [4.69, 9.17) is 5.26 Å². The van der Waals surface area contributed by atoms with E-state index in [1.807, 2.05) is 23.1 Å². The van der Waals surface area contributed by atoms with Crippen LogP contribution in [-0.2, 0) is 4.79 Å². The van der Waals surface area contributed by atoms with E-state index >= 15 is 0 Å². The number of nitriles is 1. The third-order valence-electron chi connectivity index (χ3n) is 5.09. The van der Waals surface area contributed by atoms with E-state index < -0.39 is 0 Å². The zero-order valence-electron chi connectivity index (χ0n) is 15.3. The fraction of sp³-hybridized carbons (Fsp3) is 0.619. The van der Waals surface area contributed by atoms with Gasteiger partial charge < -0.3 is 4.90 Å². The molecule has 1 heterocycles. The van der Waals surface area contributed by atoms with Crippen LogP contribution in [0.25, 0.3) is 0 Å². The van der Waals surface area contributed by atoms with Crippen LogP contribution in [0.2, 0.25) is 0 Å². The van der Waals surface area contributed by atoms with Crippen molar-refractivity contribution < 1.29 is 4.79 Å². The molecule has 0 bridgehead atoms. The minimum Gasteiger partial charge on any atom is -0.312 e. The number of carbonyl (C=O) groups excluding carboxylic acids is 1. The summed E-state index contributed by atoms with van der Waals surface area (Å²) in [5.41, 5.74) is 2.28. The molecule has 130 valence electrons. The molecule has 3 atom stereocenters. The number of nitrogens with zero attached hydrogens (tertiary/aromatic N) is 2. The van der Waals surface area contributed by atoms with Gasteiger partial charge in [-0.2, -0.15) is 5.26 Å². The average Bonchev–Trinajstić information content (AvgIpc) is 2.92. The van der Waals surface area contributed by atoms with Gasteiger partial charge in [-0.15, -0.1) is 0 Å². The van der Waals surface area contributed by atoms with Crippen molar-refractivity contribution in [2.45, 2.75) is 65.2 Å². The second kappa shape index (κ2) is 8.87. The van der Waals surface area contributed by atoms with Crippen LogP contribution in [-0.4, -0.2) is 12.5 Å². The number of para-hydroxylation sites is 1. The lowest BCUT2D eigenvalue weighted by Crippen LogP contribution is -2.31. The molecule has 1 aromatic rings. The van der Waals surface area contributed by atoms with Gasteiger partial charge >= 0.3 is 0 Å². The van der Waals surface area contributed by atoms with E-state index in [1.54, 1.807) is 0 Å². The van der Waals surface area contributed by atoms with Gasteiger partial charge in [0.1, 0.15) is 0 Å². The minimum atomic E-state index is 0.234. The van der Waals surface area contributed by atoms with E-state index in [9.17, 15) is 4.79 Å². The Morgan fingerprint density at radius 1 is 1.33 bits per heavy atom. The summed E-state index contributed by atoms with van der Waals surface area (Å²) < 4.78 is 0. The van der Waals surface area contributed by atoms with E-state index in [1.165, 1.54) is 18.4 Å². The first kappa shape index (κ1) is 18.5. The highest BCUT2D eigenvalue weighted by Gasteiger charge is 2.32. The van der Waals surface area contributed by atoms with Gasteiger partial charge in [0.25, 0.3) is 0 Å². The standard InChI is InChI=1S/C21H30N2O/c1-4-8-16(2)13-17(3)14-21(24)23-15-18(9-7-12-22)19-10-5-6-11-20(19)23/h5-6,10-11,16-18H,4,7-9,13-15H2,1-3H3. The van der Waals surface area contributed by atoms with Crippen LogP contribution in [0.1, 0.15) is 70.8 Å². The normalized spacial score (nSPS) is 18.8. The molecule has 0 N–H and O–H groups in total. The molecule has 24 heavy (non-hydrogen) atoms. The monoisotopic (exact) mass is 326 g/mol. The largest absolute Gasteiger partial charge is 0.312 e. The summed E-state index contributed by atoms with van der Waals surface area (Å²) in [6, 6.07) is 10.4. The molecule has 0 radical (unpaired) electrons. The molecule has 1 aliphatic heterocycles. The first-order valence-electron chi connectivity index (χ1n) is 9.33. The summed E-state index contributed by atoms with van der Waals surface area (Å²) in [6.45, 7) is 7.43. The molecule has 0 aliphatic carbocycles. The number of anilines is 1. The van der Waals surface area contributed by atoms with Crippen LogP contribution in [0, 0.1) is 23.2 Å². The topological polar surface area (TPSA) is 44.1 Å². The van der Waals surface area contributed by atoms with Crippen LogP contribution in [0.3, 0.4) is 0 Å². The Hall–Kier alpha value is -1.82. The van der Waals surface area contributed by atoms with Gasteiger partial charge in [-0.1, -0.05) is 51.8 Å². The lowest BCUT2D eigenvalue weighted by Gasteiger charge is -2.22. The third-order valence-corrected chi connectivity index (χ3v) is 5.09. The maximum absolute atomic E-state index is 12.8. The quantitative estimate of drug-likeness (QED) is 0.653. The molecule has 3 unspecified atom stereocenters. The first-order valence-corrected chi connectivity index (χ1v) is 9.33. The zero-order chi connectivity index (χ0) is 17.5. The molecule has 2 rings (SSSR count). The zero-order valence-corrected chi connectivity index (χ0v) is 15.3. The lowest BCUT2D eigenvalue weighted by atomic mass is 9.91. The third kappa shape index (κ3) is 4.60.